The molecule has 2 aromatic carbocycles. The number of aromatic nitrogens is 1. The first kappa shape index (κ1) is 14.8. The summed E-state index contributed by atoms with van der Waals surface area (Å²) in [5, 5.41) is 0. The van der Waals surface area contributed by atoms with E-state index in [0.29, 0.717) is 30.1 Å². The SMILES string of the molecule is NC(=O)C1c2ccccc2CCN1Cc1nc2ccc(F)cc2o1. The molecule has 0 bridgehead atoms. The highest BCUT2D eigenvalue weighted by molar-refractivity contribution is 5.82. The minimum Gasteiger partial charge on any atom is -0.439 e. The summed E-state index contributed by atoms with van der Waals surface area (Å²) >= 11 is 0. The van der Waals surface area contributed by atoms with Crippen LogP contribution >= 0.6 is 0 Å². The fourth-order valence-corrected chi connectivity index (χ4v) is 3.31. The lowest BCUT2D eigenvalue weighted by Crippen LogP contribution is -2.42. The Kier molecular flexibility index (Phi) is 3.54. The Labute approximate surface area is 137 Å². The van der Waals surface area contributed by atoms with Crippen molar-refractivity contribution in [2.45, 2.75) is 19.0 Å². The molecule has 24 heavy (non-hydrogen) atoms. The van der Waals surface area contributed by atoms with Crippen LogP contribution in [0, 0.1) is 5.82 Å². The first-order valence-corrected chi connectivity index (χ1v) is 7.78. The van der Waals surface area contributed by atoms with Gasteiger partial charge in [0.15, 0.2) is 5.58 Å². The second kappa shape index (κ2) is 5.72. The zero-order chi connectivity index (χ0) is 16.7. The second-order valence-electron chi connectivity index (χ2n) is 5.94. The zero-order valence-electron chi connectivity index (χ0n) is 12.9. The van der Waals surface area contributed by atoms with Gasteiger partial charge in [0.05, 0.1) is 6.54 Å². The molecule has 1 atom stereocenters. The number of carbonyl (C=O) groups is 1. The van der Waals surface area contributed by atoms with Gasteiger partial charge >= 0.3 is 0 Å². The number of carbonyl (C=O) groups excluding carboxylic acids is 1. The molecule has 1 aliphatic heterocycles. The van der Waals surface area contributed by atoms with Gasteiger partial charge in [-0.25, -0.2) is 9.37 Å². The van der Waals surface area contributed by atoms with Crippen LogP contribution in [0.2, 0.25) is 0 Å². The van der Waals surface area contributed by atoms with Gasteiger partial charge in [-0.1, -0.05) is 24.3 Å². The van der Waals surface area contributed by atoms with E-state index >= 15 is 0 Å². The summed E-state index contributed by atoms with van der Waals surface area (Å²) in [6.07, 6.45) is 0.828. The van der Waals surface area contributed by atoms with Crippen molar-refractivity contribution in [2.24, 2.45) is 5.73 Å². The summed E-state index contributed by atoms with van der Waals surface area (Å²) in [6.45, 7) is 1.02. The molecule has 1 aliphatic rings. The number of rotatable bonds is 3. The summed E-state index contributed by atoms with van der Waals surface area (Å²) < 4.78 is 18.9. The summed E-state index contributed by atoms with van der Waals surface area (Å²) in [5.74, 6) is -0.322. The zero-order valence-corrected chi connectivity index (χ0v) is 12.9. The van der Waals surface area contributed by atoms with Gasteiger partial charge in [-0.15, -0.1) is 0 Å². The topological polar surface area (TPSA) is 72.4 Å². The highest BCUT2D eigenvalue weighted by Gasteiger charge is 2.32. The van der Waals surface area contributed by atoms with E-state index in [4.69, 9.17) is 10.2 Å². The Morgan fingerprint density at radius 2 is 2.17 bits per heavy atom. The Balaban J connectivity index is 1.66. The van der Waals surface area contributed by atoms with Crippen LogP contribution in [-0.4, -0.2) is 22.3 Å². The Morgan fingerprint density at radius 3 is 3.00 bits per heavy atom. The van der Waals surface area contributed by atoms with Crippen LogP contribution in [0.3, 0.4) is 0 Å². The number of amides is 1. The van der Waals surface area contributed by atoms with Crippen molar-refractivity contribution >= 4 is 17.0 Å². The van der Waals surface area contributed by atoms with Crippen LogP contribution in [0.15, 0.2) is 46.9 Å². The molecule has 0 saturated heterocycles. The summed E-state index contributed by atoms with van der Waals surface area (Å²) in [5.41, 5.74) is 8.70. The fraction of sp³-hybridized carbons (Fsp3) is 0.222. The minimum absolute atomic E-state index is 0.345. The van der Waals surface area contributed by atoms with Gasteiger partial charge in [0.2, 0.25) is 11.8 Å². The molecule has 1 aromatic heterocycles. The minimum atomic E-state index is -0.512. The van der Waals surface area contributed by atoms with Gasteiger partial charge in [0.25, 0.3) is 0 Å². The van der Waals surface area contributed by atoms with Gasteiger partial charge in [-0.3, -0.25) is 9.69 Å². The molecule has 0 spiro atoms. The van der Waals surface area contributed by atoms with E-state index in [2.05, 4.69) is 4.98 Å². The second-order valence-corrected chi connectivity index (χ2v) is 5.94. The lowest BCUT2D eigenvalue weighted by atomic mass is 9.92. The molecule has 122 valence electrons. The van der Waals surface area contributed by atoms with Gasteiger partial charge in [0, 0.05) is 12.6 Å². The smallest absolute Gasteiger partial charge is 0.239 e. The van der Waals surface area contributed by atoms with Crippen molar-refractivity contribution in [1.82, 2.24) is 9.88 Å². The Hall–Kier alpha value is -2.73. The number of primary amides is 1. The number of hydrogen-bond donors (Lipinski definition) is 1. The number of nitrogens with zero attached hydrogens (tertiary/aromatic N) is 2. The monoisotopic (exact) mass is 325 g/mol. The molecule has 5 nitrogen and oxygen atoms in total. The van der Waals surface area contributed by atoms with Crippen LogP contribution in [0.4, 0.5) is 4.39 Å². The van der Waals surface area contributed by atoms with Gasteiger partial charge in [-0.05, 0) is 29.7 Å². The van der Waals surface area contributed by atoms with Crippen LogP contribution in [0.1, 0.15) is 23.1 Å². The number of benzene rings is 2. The summed E-state index contributed by atoms with van der Waals surface area (Å²) in [4.78, 5) is 18.3. The standard InChI is InChI=1S/C18H16FN3O2/c19-12-5-6-14-15(9-12)24-16(21-14)10-22-8-7-11-3-1-2-4-13(11)17(22)18(20)23/h1-6,9,17H,7-8,10H2,(H2,20,23). The first-order chi connectivity index (χ1) is 11.6. The molecular weight excluding hydrogens is 309 g/mol. The number of hydrogen-bond acceptors (Lipinski definition) is 4. The van der Waals surface area contributed by atoms with E-state index in [-0.39, 0.29) is 5.82 Å². The average molecular weight is 325 g/mol. The van der Waals surface area contributed by atoms with E-state index in [0.717, 1.165) is 17.5 Å². The molecule has 2 N–H and O–H groups in total. The largest absolute Gasteiger partial charge is 0.439 e. The van der Waals surface area contributed by atoms with Crippen LogP contribution in [0.5, 0.6) is 0 Å². The molecule has 1 unspecified atom stereocenters. The lowest BCUT2D eigenvalue weighted by Gasteiger charge is -2.34. The molecule has 3 aromatic rings. The predicted octanol–water partition coefficient (Wildman–Crippen LogP) is 2.55. The fourth-order valence-electron chi connectivity index (χ4n) is 3.31. The highest BCUT2D eigenvalue weighted by Crippen LogP contribution is 2.31. The maximum Gasteiger partial charge on any atom is 0.239 e. The number of halogens is 1. The van der Waals surface area contributed by atoms with Crippen LogP contribution < -0.4 is 5.73 Å². The van der Waals surface area contributed by atoms with Crippen molar-refractivity contribution in [1.29, 1.82) is 0 Å². The maximum atomic E-state index is 13.3. The van der Waals surface area contributed by atoms with Crippen molar-refractivity contribution in [3.8, 4) is 0 Å². The lowest BCUT2D eigenvalue weighted by molar-refractivity contribution is -0.124. The third-order valence-corrected chi connectivity index (χ3v) is 4.39. The summed E-state index contributed by atoms with van der Waals surface area (Å²) in [7, 11) is 0. The van der Waals surface area contributed by atoms with E-state index in [1.54, 1.807) is 6.07 Å². The molecule has 1 amide bonds. The van der Waals surface area contributed by atoms with Crippen LogP contribution in [-0.2, 0) is 17.8 Å². The van der Waals surface area contributed by atoms with Crippen molar-refractivity contribution < 1.29 is 13.6 Å². The molecule has 0 fully saturated rings. The predicted molar refractivity (Wildman–Crippen MR) is 86.5 cm³/mol. The van der Waals surface area contributed by atoms with E-state index in [1.807, 2.05) is 29.2 Å². The normalized spacial score (nSPS) is 17.8. The summed E-state index contributed by atoms with van der Waals surface area (Å²) in [6, 6.07) is 11.5. The van der Waals surface area contributed by atoms with Crippen LogP contribution in [0.25, 0.3) is 11.1 Å². The molecule has 0 saturated carbocycles. The van der Waals surface area contributed by atoms with Gasteiger partial charge < -0.3 is 10.2 Å². The molecule has 2 heterocycles. The molecular formula is C18H16FN3O2. The van der Waals surface area contributed by atoms with E-state index < -0.39 is 11.9 Å². The van der Waals surface area contributed by atoms with Crippen molar-refractivity contribution in [2.75, 3.05) is 6.54 Å². The van der Waals surface area contributed by atoms with E-state index in [9.17, 15) is 9.18 Å². The maximum absolute atomic E-state index is 13.3. The van der Waals surface area contributed by atoms with Gasteiger partial charge in [0.1, 0.15) is 17.4 Å². The molecule has 0 aliphatic carbocycles. The molecule has 0 radical (unpaired) electrons. The third-order valence-electron chi connectivity index (χ3n) is 4.39. The number of fused-ring (bicyclic) bond motifs is 2. The van der Waals surface area contributed by atoms with E-state index in [1.165, 1.54) is 12.1 Å². The first-order valence-electron chi connectivity index (χ1n) is 7.78. The number of oxazole rings is 1. The molecule has 6 heteroatoms. The Bertz CT molecular complexity index is 922. The van der Waals surface area contributed by atoms with Crippen molar-refractivity contribution in [3.05, 3.63) is 65.3 Å². The highest BCUT2D eigenvalue weighted by atomic mass is 19.1. The molecule has 4 rings (SSSR count). The third kappa shape index (κ3) is 2.55. The quantitative estimate of drug-likeness (QED) is 0.803. The Morgan fingerprint density at radius 1 is 1.33 bits per heavy atom. The van der Waals surface area contributed by atoms with Crippen molar-refractivity contribution in [3.63, 3.8) is 0 Å². The van der Waals surface area contributed by atoms with Gasteiger partial charge in [-0.2, -0.15) is 0 Å². The average Bonchev–Trinajstić information content (AvgIpc) is 2.95. The number of nitrogens with two attached hydrogens (primary N) is 1.